The highest BCUT2D eigenvalue weighted by Crippen LogP contribution is 2.55. The summed E-state index contributed by atoms with van der Waals surface area (Å²) in [4.78, 5) is 28.9. The fraction of sp³-hybridized carbons (Fsp3) is 0.314. The van der Waals surface area contributed by atoms with Gasteiger partial charge in [0.1, 0.15) is 7.05 Å². The van der Waals surface area contributed by atoms with Crippen molar-refractivity contribution in [1.29, 1.82) is 0 Å². The lowest BCUT2D eigenvalue weighted by atomic mass is 9.67. The van der Waals surface area contributed by atoms with Crippen molar-refractivity contribution in [2.75, 3.05) is 23.9 Å². The number of carboxylic acid groups (broad SMARTS) is 2. The van der Waals surface area contributed by atoms with Crippen molar-refractivity contribution in [3.8, 4) is 0 Å². The van der Waals surface area contributed by atoms with Crippen LogP contribution in [0.2, 0.25) is 0 Å². The molecule has 58 heavy (non-hydrogen) atoms. The molecule has 0 saturated heterocycles. The van der Waals surface area contributed by atoms with E-state index in [1.54, 1.807) is 12.1 Å². The second-order valence-electron chi connectivity index (χ2n) is 16.8. The fourth-order valence-corrected chi connectivity index (χ4v) is 11.0. The van der Waals surface area contributed by atoms with Crippen LogP contribution in [-0.4, -0.2) is 41.4 Å². The Labute approximate surface area is 341 Å². The number of anilines is 3. The van der Waals surface area contributed by atoms with Crippen LogP contribution in [0.3, 0.4) is 0 Å². The van der Waals surface area contributed by atoms with Gasteiger partial charge in [0.05, 0.1) is 22.6 Å². The van der Waals surface area contributed by atoms with Crippen LogP contribution in [-0.2, 0) is 10.8 Å². The van der Waals surface area contributed by atoms with E-state index in [1.807, 2.05) is 24.3 Å². The number of carbonyl (C=O) groups excluding carboxylic acids is 1. The number of carboxylic acids is 2. The van der Waals surface area contributed by atoms with Gasteiger partial charge in [-0.3, -0.25) is 0 Å². The van der Waals surface area contributed by atoms with E-state index < -0.39 is 11.9 Å². The summed E-state index contributed by atoms with van der Waals surface area (Å²) in [6.45, 7) is 0. The summed E-state index contributed by atoms with van der Waals surface area (Å²) in [5.74, 6) is -2.02. The quantitative estimate of drug-likeness (QED) is 0.180. The Hall–Kier alpha value is -5.95. The van der Waals surface area contributed by atoms with E-state index in [1.165, 1.54) is 41.1 Å². The van der Waals surface area contributed by atoms with Crippen molar-refractivity contribution in [2.45, 2.75) is 87.9 Å². The molecule has 0 radical (unpaired) electrons. The summed E-state index contributed by atoms with van der Waals surface area (Å²) < 4.78 is 2.30. The topological polar surface area (TPSA) is 86.9 Å². The van der Waals surface area contributed by atoms with Crippen molar-refractivity contribution in [2.24, 2.45) is 0 Å². The Kier molecular flexibility index (Phi) is 9.79. The number of aromatic carboxylic acids is 2. The first kappa shape index (κ1) is 37.6. The average molecular weight is 770 g/mol. The van der Waals surface area contributed by atoms with Crippen LogP contribution in [0.4, 0.5) is 22.7 Å². The van der Waals surface area contributed by atoms with E-state index in [0.29, 0.717) is 5.56 Å². The lowest BCUT2D eigenvalue weighted by Gasteiger charge is -2.36. The molecule has 2 spiro atoms. The molecular formula is C51H51N3O4. The highest BCUT2D eigenvalue weighted by molar-refractivity contribution is 6.05. The highest BCUT2D eigenvalue weighted by atomic mass is 16.4. The minimum Gasteiger partial charge on any atom is -0.545 e. The first-order valence-corrected chi connectivity index (χ1v) is 21.0. The smallest absolute Gasteiger partial charge is 0.335 e. The molecule has 1 N–H and O–H groups in total. The molecule has 0 bridgehead atoms. The molecule has 2 saturated carbocycles. The minimum absolute atomic E-state index is 0.224. The molecule has 3 aliphatic carbocycles. The second kappa shape index (κ2) is 15.1. The molecule has 4 aromatic carbocycles. The summed E-state index contributed by atoms with van der Waals surface area (Å²) in [7, 11) is 4.26. The summed E-state index contributed by atoms with van der Waals surface area (Å²) in [6.07, 6.45) is 21.8. The molecule has 4 aromatic rings. The summed E-state index contributed by atoms with van der Waals surface area (Å²) in [5.41, 5.74) is 12.8. The van der Waals surface area contributed by atoms with Gasteiger partial charge in [0.25, 0.3) is 0 Å². The maximum Gasteiger partial charge on any atom is 0.335 e. The molecule has 0 aromatic heterocycles. The Bertz CT molecular complexity index is 2400. The molecule has 0 unspecified atom stereocenters. The number of hydrogen-bond donors (Lipinski definition) is 1. The highest BCUT2D eigenvalue weighted by Gasteiger charge is 2.51. The zero-order chi connectivity index (χ0) is 40.0. The number of nitrogens with zero attached hydrogens (tertiary/aromatic N) is 3. The number of fused-ring (bicyclic) bond motifs is 4. The lowest BCUT2D eigenvalue weighted by molar-refractivity contribution is -0.401. The van der Waals surface area contributed by atoms with E-state index >= 15 is 0 Å². The van der Waals surface area contributed by atoms with Gasteiger partial charge in [-0.1, -0.05) is 93.1 Å². The van der Waals surface area contributed by atoms with Crippen molar-refractivity contribution in [3.63, 3.8) is 0 Å². The van der Waals surface area contributed by atoms with E-state index in [0.717, 1.165) is 98.1 Å². The summed E-state index contributed by atoms with van der Waals surface area (Å²) >= 11 is 0. The monoisotopic (exact) mass is 769 g/mol. The predicted octanol–water partition coefficient (Wildman–Crippen LogP) is 10.3. The SMILES string of the molecule is CN1C(=CC=C2CCC(C=CC3=[N+](C)c4ccc(C(=O)O)cc4C34CCCCC4)=C2N(c2ccccc2)c2ccccc2)C2(CCCCC2)c2cc(C(=O)[O-])ccc21. The van der Waals surface area contributed by atoms with Gasteiger partial charge in [-0.05, 0) is 115 Å². The Morgan fingerprint density at radius 1 is 0.724 bits per heavy atom. The van der Waals surface area contributed by atoms with Crippen molar-refractivity contribution in [3.05, 3.63) is 166 Å². The van der Waals surface area contributed by atoms with E-state index in [4.69, 9.17) is 0 Å². The first-order valence-electron chi connectivity index (χ1n) is 21.0. The van der Waals surface area contributed by atoms with E-state index in [-0.39, 0.29) is 16.4 Å². The van der Waals surface area contributed by atoms with Crippen molar-refractivity contribution < 1.29 is 24.4 Å². The van der Waals surface area contributed by atoms with Crippen molar-refractivity contribution in [1.82, 2.24) is 0 Å². The number of hydrogen-bond acceptors (Lipinski definition) is 5. The Balaban J connectivity index is 1.20. The van der Waals surface area contributed by atoms with E-state index in [9.17, 15) is 19.8 Å². The number of carbonyl (C=O) groups is 2. The Morgan fingerprint density at radius 3 is 1.95 bits per heavy atom. The first-order chi connectivity index (χ1) is 28.2. The largest absolute Gasteiger partial charge is 0.545 e. The molecule has 0 amide bonds. The van der Waals surface area contributed by atoms with Crippen LogP contribution in [0.15, 0.2) is 144 Å². The standard InChI is InChI=1S/C51H51N3O4/c1-52-43-25-21-37(48(55)56)33-41(43)50(29-11-5-12-30-50)45(52)27-23-35-19-20-36(47(35)54(39-15-7-3-8-16-39)40-17-9-4-10-18-40)24-28-46-51(31-13-6-14-32-51)42-34-38(49(57)58)22-26-44(42)53(46)2/h3-4,7-10,15-18,21-28,33-34H,5-6,11-14,19-20,29-32H2,1-2H3,(H-,55,56,57,58). The third kappa shape index (κ3) is 6.23. The molecule has 9 rings (SSSR count). The van der Waals surface area contributed by atoms with Crippen LogP contribution < -0.4 is 14.9 Å². The van der Waals surface area contributed by atoms with E-state index in [2.05, 4.69) is 113 Å². The fourth-order valence-electron chi connectivity index (χ4n) is 11.0. The molecule has 7 heteroatoms. The second-order valence-corrected chi connectivity index (χ2v) is 16.8. The number of allylic oxidation sites excluding steroid dienone is 7. The normalized spacial score (nSPS) is 20.8. The van der Waals surface area contributed by atoms with Crippen LogP contribution in [0.5, 0.6) is 0 Å². The summed E-state index contributed by atoms with van der Waals surface area (Å²) in [5, 5.41) is 22.0. The van der Waals surface area contributed by atoms with Gasteiger partial charge in [0.2, 0.25) is 5.69 Å². The van der Waals surface area contributed by atoms with Gasteiger partial charge in [0, 0.05) is 52.9 Å². The van der Waals surface area contributed by atoms with Crippen LogP contribution in [0, 0.1) is 0 Å². The maximum atomic E-state index is 12.2. The zero-order valence-electron chi connectivity index (χ0n) is 33.5. The summed E-state index contributed by atoms with van der Waals surface area (Å²) in [6, 6.07) is 32.4. The molecule has 7 nitrogen and oxygen atoms in total. The molecule has 2 heterocycles. The zero-order valence-corrected chi connectivity index (χ0v) is 33.5. The van der Waals surface area contributed by atoms with Crippen LogP contribution in [0.25, 0.3) is 0 Å². The van der Waals surface area contributed by atoms with Crippen LogP contribution in [0.1, 0.15) is 109 Å². The number of para-hydroxylation sites is 2. The van der Waals surface area contributed by atoms with Gasteiger partial charge >= 0.3 is 5.97 Å². The molecule has 2 aliphatic heterocycles. The molecule has 0 atom stereocenters. The molecule has 2 fully saturated rings. The van der Waals surface area contributed by atoms with Gasteiger partial charge < -0.3 is 24.8 Å². The minimum atomic E-state index is -1.13. The average Bonchev–Trinajstić information content (AvgIpc) is 3.82. The van der Waals surface area contributed by atoms with Gasteiger partial charge in [-0.2, -0.15) is 4.58 Å². The third-order valence-electron chi connectivity index (χ3n) is 13.8. The number of benzene rings is 4. The predicted molar refractivity (Wildman–Crippen MR) is 230 cm³/mol. The van der Waals surface area contributed by atoms with Crippen molar-refractivity contribution >= 4 is 40.4 Å². The molecule has 294 valence electrons. The third-order valence-corrected chi connectivity index (χ3v) is 13.8. The number of likely N-dealkylation sites (N-methyl/N-ethyl adjacent to an activating group) is 1. The number of rotatable bonds is 8. The Morgan fingerprint density at radius 2 is 1.33 bits per heavy atom. The molecule has 5 aliphatic rings. The van der Waals surface area contributed by atoms with Gasteiger partial charge in [-0.15, -0.1) is 0 Å². The molecular weight excluding hydrogens is 719 g/mol. The van der Waals surface area contributed by atoms with Gasteiger partial charge in [-0.25, -0.2) is 4.79 Å². The lowest BCUT2D eigenvalue weighted by Crippen LogP contribution is -2.36. The van der Waals surface area contributed by atoms with Gasteiger partial charge in [0.15, 0.2) is 5.71 Å². The van der Waals surface area contributed by atoms with Crippen LogP contribution >= 0.6 is 0 Å². The maximum absolute atomic E-state index is 12.2.